The minimum atomic E-state index is -4.42. The molecule has 14 heteroatoms. The van der Waals surface area contributed by atoms with E-state index >= 15 is 4.39 Å². The number of H-pyrrole nitrogens is 1. The van der Waals surface area contributed by atoms with Crippen LogP contribution in [0.5, 0.6) is 5.75 Å². The molecule has 3 N–H and O–H groups in total. The SMILES string of the molecule is Cc1cn(C2OC(COP(=O)(NC(C)C(=O)OC(C)C)Oc3cccc4ccccc34)C(O)C2(C)F)c(=O)[nH]c1=O. The quantitative estimate of drug-likeness (QED) is 0.236. The van der Waals surface area contributed by atoms with Gasteiger partial charge in [-0.25, -0.2) is 13.8 Å². The number of hydrogen-bond donors (Lipinski definition) is 3. The van der Waals surface area contributed by atoms with Crippen LogP contribution in [-0.2, 0) is 23.4 Å². The number of aromatic amines is 1. The maximum atomic E-state index is 15.7. The summed E-state index contributed by atoms with van der Waals surface area (Å²) in [6.45, 7) is 6.53. The number of ether oxygens (including phenoxy) is 2. The summed E-state index contributed by atoms with van der Waals surface area (Å²) < 4.78 is 52.9. The van der Waals surface area contributed by atoms with E-state index in [1.54, 1.807) is 38.1 Å². The molecule has 6 unspecified atom stereocenters. The van der Waals surface area contributed by atoms with Gasteiger partial charge >= 0.3 is 19.4 Å². The molecule has 222 valence electrons. The van der Waals surface area contributed by atoms with E-state index in [2.05, 4.69) is 10.1 Å². The van der Waals surface area contributed by atoms with Crippen LogP contribution in [0.3, 0.4) is 0 Å². The van der Waals surface area contributed by atoms with Crippen LogP contribution >= 0.6 is 7.75 Å². The number of nitrogens with one attached hydrogen (secondary N) is 2. The lowest BCUT2D eigenvalue weighted by atomic mass is 9.98. The van der Waals surface area contributed by atoms with E-state index < -0.39 is 67.8 Å². The third-order valence-corrected chi connectivity index (χ3v) is 8.18. The number of aliphatic hydroxyl groups is 1. The van der Waals surface area contributed by atoms with Crippen LogP contribution in [0.4, 0.5) is 4.39 Å². The number of hydrogen-bond acceptors (Lipinski definition) is 9. The fourth-order valence-electron chi connectivity index (χ4n) is 4.40. The van der Waals surface area contributed by atoms with Crippen molar-refractivity contribution in [2.45, 2.75) is 70.9 Å². The van der Waals surface area contributed by atoms with Gasteiger partial charge in [0, 0.05) is 17.1 Å². The number of aryl methyl sites for hydroxylation is 1. The highest BCUT2D eigenvalue weighted by Gasteiger charge is 2.56. The van der Waals surface area contributed by atoms with Crippen molar-refractivity contribution >= 4 is 24.5 Å². The van der Waals surface area contributed by atoms with E-state index in [9.17, 15) is 24.1 Å². The molecule has 0 radical (unpaired) electrons. The molecule has 2 heterocycles. The van der Waals surface area contributed by atoms with Gasteiger partial charge in [-0.3, -0.25) is 23.7 Å². The molecule has 3 aromatic rings. The molecular weight excluding hydrogens is 560 g/mol. The molecule has 0 saturated carbocycles. The number of benzene rings is 2. The highest BCUT2D eigenvalue weighted by molar-refractivity contribution is 7.52. The van der Waals surface area contributed by atoms with Crippen LogP contribution in [0.2, 0.25) is 0 Å². The Morgan fingerprint density at radius 3 is 2.61 bits per heavy atom. The van der Waals surface area contributed by atoms with E-state index in [1.165, 1.54) is 13.8 Å². The lowest BCUT2D eigenvalue weighted by Gasteiger charge is -2.26. The normalized spacial score (nSPS) is 24.7. The molecule has 1 aliphatic heterocycles. The van der Waals surface area contributed by atoms with Gasteiger partial charge in [0.1, 0.15) is 24.0 Å². The van der Waals surface area contributed by atoms with Crippen LogP contribution in [0.15, 0.2) is 58.3 Å². The molecule has 1 aromatic heterocycles. The molecule has 6 atom stereocenters. The van der Waals surface area contributed by atoms with Crippen molar-refractivity contribution in [3.8, 4) is 5.75 Å². The molecule has 0 spiro atoms. The number of esters is 1. The van der Waals surface area contributed by atoms with E-state index in [0.717, 1.165) is 23.1 Å². The summed E-state index contributed by atoms with van der Waals surface area (Å²) in [7, 11) is -4.42. The van der Waals surface area contributed by atoms with Crippen molar-refractivity contribution in [3.05, 3.63) is 75.1 Å². The Bertz CT molecular complexity index is 1580. The van der Waals surface area contributed by atoms with Crippen LogP contribution in [0.25, 0.3) is 10.8 Å². The van der Waals surface area contributed by atoms with Crippen LogP contribution < -0.4 is 20.9 Å². The van der Waals surface area contributed by atoms with Gasteiger partial charge in [0.05, 0.1) is 12.7 Å². The van der Waals surface area contributed by atoms with E-state index in [4.69, 9.17) is 18.5 Å². The first kappa shape index (κ1) is 30.6. The number of fused-ring (bicyclic) bond motifs is 1. The number of nitrogens with zero attached hydrogens (tertiary/aromatic N) is 1. The topological polar surface area (TPSA) is 158 Å². The first-order chi connectivity index (χ1) is 19.2. The lowest BCUT2D eigenvalue weighted by Crippen LogP contribution is -2.44. The monoisotopic (exact) mass is 593 g/mol. The van der Waals surface area contributed by atoms with Gasteiger partial charge in [-0.15, -0.1) is 0 Å². The zero-order chi connectivity index (χ0) is 30.1. The smallest absolute Gasteiger partial charge is 0.459 e. The van der Waals surface area contributed by atoms with Gasteiger partial charge < -0.3 is 19.1 Å². The van der Waals surface area contributed by atoms with Gasteiger partial charge in [0.2, 0.25) is 0 Å². The number of aromatic nitrogens is 2. The largest absolute Gasteiger partial charge is 0.462 e. The zero-order valence-corrected chi connectivity index (χ0v) is 24.1. The fraction of sp³-hybridized carbons (Fsp3) is 0.444. The third kappa shape index (κ3) is 6.60. The standard InChI is InChI=1S/C27H33FN3O9P/c1-15(2)38-24(34)17(4)30-41(36,40-20-12-8-10-18-9-6-7-11-19(18)20)37-14-21-22(32)27(5,28)25(39-21)31-13-16(3)23(33)29-26(31)35/h6-13,15,17,21-22,25,32H,14H2,1-5H3,(H,30,36)(H,29,33,35). The maximum absolute atomic E-state index is 15.7. The van der Waals surface area contributed by atoms with E-state index in [1.807, 2.05) is 18.2 Å². The zero-order valence-electron chi connectivity index (χ0n) is 23.2. The van der Waals surface area contributed by atoms with Crippen LogP contribution in [-0.4, -0.2) is 57.3 Å². The highest BCUT2D eigenvalue weighted by Crippen LogP contribution is 2.48. The molecule has 0 aliphatic carbocycles. The number of rotatable bonds is 10. The van der Waals surface area contributed by atoms with Crippen molar-refractivity contribution in [3.63, 3.8) is 0 Å². The number of halogens is 1. The first-order valence-corrected chi connectivity index (χ1v) is 14.5. The van der Waals surface area contributed by atoms with Crippen molar-refractivity contribution < 1.29 is 37.4 Å². The second-order valence-electron chi connectivity index (χ2n) is 10.3. The number of carbonyl (C=O) groups excluding carboxylic acids is 1. The second kappa shape index (κ2) is 11.9. The Labute approximate surface area is 235 Å². The molecule has 2 aromatic carbocycles. The molecule has 1 aliphatic rings. The summed E-state index contributed by atoms with van der Waals surface area (Å²) in [6, 6.07) is 11.1. The van der Waals surface area contributed by atoms with Crippen molar-refractivity contribution in [1.29, 1.82) is 0 Å². The van der Waals surface area contributed by atoms with E-state index in [0.29, 0.717) is 5.39 Å². The number of carbonyl (C=O) groups is 1. The lowest BCUT2D eigenvalue weighted by molar-refractivity contribution is -0.149. The van der Waals surface area contributed by atoms with Gasteiger partial charge in [-0.05, 0) is 46.1 Å². The number of alkyl halides is 1. The van der Waals surface area contributed by atoms with Crippen molar-refractivity contribution in [2.75, 3.05) is 6.61 Å². The van der Waals surface area contributed by atoms with Gasteiger partial charge in [0.15, 0.2) is 11.9 Å². The molecule has 0 bridgehead atoms. The second-order valence-corrected chi connectivity index (χ2v) is 12.0. The summed E-state index contributed by atoms with van der Waals surface area (Å²) in [5.41, 5.74) is -3.97. The number of aliphatic hydroxyl groups excluding tert-OH is 1. The summed E-state index contributed by atoms with van der Waals surface area (Å²) in [6.07, 6.45) is -4.20. The summed E-state index contributed by atoms with van der Waals surface area (Å²) in [5.74, 6) is -0.536. The average Bonchev–Trinajstić information content (AvgIpc) is 3.13. The predicted molar refractivity (Wildman–Crippen MR) is 147 cm³/mol. The molecule has 4 rings (SSSR count). The molecule has 1 fully saturated rings. The minimum absolute atomic E-state index is 0.123. The summed E-state index contributed by atoms with van der Waals surface area (Å²) in [4.78, 5) is 38.7. The van der Waals surface area contributed by atoms with Gasteiger partial charge in [-0.2, -0.15) is 5.09 Å². The molecule has 1 saturated heterocycles. The minimum Gasteiger partial charge on any atom is -0.462 e. The molecule has 41 heavy (non-hydrogen) atoms. The molecular formula is C27H33FN3O9P. The Morgan fingerprint density at radius 1 is 1.22 bits per heavy atom. The highest BCUT2D eigenvalue weighted by atomic mass is 31.2. The molecule has 12 nitrogen and oxygen atoms in total. The van der Waals surface area contributed by atoms with Crippen molar-refractivity contribution in [2.24, 2.45) is 0 Å². The van der Waals surface area contributed by atoms with Gasteiger partial charge in [-0.1, -0.05) is 36.4 Å². The summed E-state index contributed by atoms with van der Waals surface area (Å²) in [5, 5.41) is 14.7. The first-order valence-electron chi connectivity index (χ1n) is 13.0. The van der Waals surface area contributed by atoms with Crippen LogP contribution in [0.1, 0.15) is 39.5 Å². The fourth-order valence-corrected chi connectivity index (χ4v) is 5.92. The Morgan fingerprint density at radius 2 is 1.90 bits per heavy atom. The van der Waals surface area contributed by atoms with Gasteiger partial charge in [0.25, 0.3) is 5.56 Å². The van der Waals surface area contributed by atoms with Crippen LogP contribution in [0, 0.1) is 6.92 Å². The predicted octanol–water partition coefficient (Wildman–Crippen LogP) is 3.12. The average molecular weight is 594 g/mol. The Hall–Kier alpha value is -3.35. The Kier molecular flexibility index (Phi) is 8.86. The summed E-state index contributed by atoms with van der Waals surface area (Å²) >= 11 is 0. The van der Waals surface area contributed by atoms with Crippen molar-refractivity contribution in [1.82, 2.24) is 14.6 Å². The van der Waals surface area contributed by atoms with E-state index in [-0.39, 0.29) is 11.3 Å². The molecule has 0 amide bonds. The maximum Gasteiger partial charge on any atom is 0.459 e. The third-order valence-electron chi connectivity index (χ3n) is 6.55. The Balaban J connectivity index is 1.61.